The van der Waals surface area contributed by atoms with E-state index in [4.69, 9.17) is 4.74 Å². The SMILES string of the molecule is CCC[C@H](NC(=O)[C@@H]1C[C@@H](Oc2ccccc2-c2ccccc2)CN1C(=O)[C@@H](NC(=O)[C@@H](NC(=O)c1cnccn1)C1CCCCC1)C(C)(C)C)C(=O)C(=O)NC1CC1. The second kappa shape index (κ2) is 19.4. The molecule has 0 spiro atoms. The third kappa shape index (κ3) is 11.1. The quantitative estimate of drug-likeness (QED) is 0.151. The summed E-state index contributed by atoms with van der Waals surface area (Å²) >= 11 is 0. The highest BCUT2D eigenvalue weighted by atomic mass is 16.5. The van der Waals surface area contributed by atoms with Gasteiger partial charge in [0.05, 0.1) is 18.8 Å². The zero-order chi connectivity index (χ0) is 42.1. The predicted molar refractivity (Wildman–Crippen MR) is 221 cm³/mol. The Morgan fingerprint density at radius 1 is 0.864 bits per heavy atom. The Morgan fingerprint density at radius 3 is 2.24 bits per heavy atom. The van der Waals surface area contributed by atoms with E-state index in [9.17, 15) is 28.8 Å². The van der Waals surface area contributed by atoms with Gasteiger partial charge in [-0.3, -0.25) is 33.8 Å². The monoisotopic (exact) mass is 807 g/mol. The summed E-state index contributed by atoms with van der Waals surface area (Å²) in [6.07, 6.45) is 10.3. The molecule has 14 nitrogen and oxygen atoms in total. The molecule has 1 aromatic heterocycles. The van der Waals surface area contributed by atoms with Gasteiger partial charge in [-0.25, -0.2) is 4.98 Å². The van der Waals surface area contributed by atoms with Gasteiger partial charge in [-0.05, 0) is 55.1 Å². The Kier molecular flexibility index (Phi) is 14.1. The zero-order valence-corrected chi connectivity index (χ0v) is 34.4. The Morgan fingerprint density at radius 2 is 1.58 bits per heavy atom. The summed E-state index contributed by atoms with van der Waals surface area (Å²) < 4.78 is 6.61. The number of hydrogen-bond acceptors (Lipinski definition) is 9. The first-order chi connectivity index (χ1) is 28.3. The van der Waals surface area contributed by atoms with Crippen molar-refractivity contribution in [3.63, 3.8) is 0 Å². The van der Waals surface area contributed by atoms with Gasteiger partial charge in [0.1, 0.15) is 35.7 Å². The van der Waals surface area contributed by atoms with Crippen LogP contribution in [0.4, 0.5) is 0 Å². The van der Waals surface area contributed by atoms with Crippen molar-refractivity contribution in [1.82, 2.24) is 36.1 Å². The topological polar surface area (TPSA) is 189 Å². The summed E-state index contributed by atoms with van der Waals surface area (Å²) in [6, 6.07) is 13.0. The summed E-state index contributed by atoms with van der Waals surface area (Å²) in [5.74, 6) is -3.23. The number of benzene rings is 2. The molecule has 2 heterocycles. The van der Waals surface area contributed by atoms with Gasteiger partial charge in [-0.2, -0.15) is 0 Å². The average Bonchev–Trinajstić information content (AvgIpc) is 3.96. The number of hydrogen-bond donors (Lipinski definition) is 4. The summed E-state index contributed by atoms with van der Waals surface area (Å²) in [5, 5.41) is 11.4. The maximum Gasteiger partial charge on any atom is 0.289 e. The van der Waals surface area contributed by atoms with Crippen molar-refractivity contribution in [2.45, 2.75) is 128 Å². The van der Waals surface area contributed by atoms with Crippen molar-refractivity contribution in [3.8, 4) is 16.9 Å². The smallest absolute Gasteiger partial charge is 0.289 e. The fourth-order valence-electron chi connectivity index (χ4n) is 7.99. The molecule has 2 saturated carbocycles. The molecule has 314 valence electrons. The molecule has 2 aromatic carbocycles. The highest BCUT2D eigenvalue weighted by molar-refractivity contribution is 6.38. The fourth-order valence-corrected chi connectivity index (χ4v) is 7.99. The standard InChI is InChI=1S/C45H57N7O7/c1-5-14-33(38(53)43(57)48-30-21-22-30)49-41(55)35-25-31(59-36-20-13-12-19-32(36)28-15-8-6-9-16-28)27-52(35)44(58)39(45(2,3)4)51-42(56)37(29-17-10-7-11-18-29)50-40(54)34-26-46-23-24-47-34/h6,8-9,12-13,15-16,19-20,23-24,26,29-31,33,35,37,39H,5,7,10-11,14,17-18,21-22,25,27H2,1-4H3,(H,48,57)(H,49,55)(H,50,54)(H,51,56)/t31-,33+,35+,37+,39-/m1/s1. The van der Waals surface area contributed by atoms with Crippen LogP contribution < -0.4 is 26.0 Å². The van der Waals surface area contributed by atoms with E-state index in [1.54, 1.807) is 0 Å². The molecule has 0 radical (unpaired) electrons. The minimum Gasteiger partial charge on any atom is -0.488 e. The lowest BCUT2D eigenvalue weighted by molar-refractivity contribution is -0.145. The van der Waals surface area contributed by atoms with Crippen LogP contribution in [-0.4, -0.2) is 93.0 Å². The third-order valence-corrected chi connectivity index (χ3v) is 11.3. The van der Waals surface area contributed by atoms with Crippen molar-refractivity contribution < 1.29 is 33.5 Å². The maximum absolute atomic E-state index is 15.0. The Labute approximate surface area is 346 Å². The van der Waals surface area contributed by atoms with Crippen LogP contribution in [0.25, 0.3) is 11.1 Å². The van der Waals surface area contributed by atoms with E-state index in [0.29, 0.717) is 12.2 Å². The van der Waals surface area contributed by atoms with Crippen molar-refractivity contribution in [2.75, 3.05) is 6.54 Å². The molecule has 59 heavy (non-hydrogen) atoms. The van der Waals surface area contributed by atoms with Gasteiger partial charge in [0.2, 0.25) is 23.5 Å². The molecule has 5 amide bonds. The molecule has 5 atom stereocenters. The van der Waals surface area contributed by atoms with Crippen LogP contribution in [0.3, 0.4) is 0 Å². The van der Waals surface area contributed by atoms with E-state index in [2.05, 4.69) is 31.2 Å². The first kappa shape index (κ1) is 42.9. The number of amides is 5. The molecule has 1 aliphatic heterocycles. The van der Waals surface area contributed by atoms with Gasteiger partial charge >= 0.3 is 0 Å². The van der Waals surface area contributed by atoms with Crippen LogP contribution in [0.1, 0.15) is 102 Å². The normalized spacial score (nSPS) is 19.8. The van der Waals surface area contributed by atoms with E-state index < -0.39 is 71.0 Å². The van der Waals surface area contributed by atoms with E-state index in [0.717, 1.165) is 56.1 Å². The van der Waals surface area contributed by atoms with Gasteiger partial charge in [-0.1, -0.05) is 102 Å². The minimum absolute atomic E-state index is 0.00647. The Hall–Kier alpha value is -5.66. The van der Waals surface area contributed by atoms with E-state index in [-0.39, 0.29) is 37.0 Å². The van der Waals surface area contributed by atoms with Gasteiger partial charge in [0.15, 0.2) is 0 Å². The Bertz CT molecular complexity index is 1960. The molecule has 4 N–H and O–H groups in total. The van der Waals surface area contributed by atoms with Crippen LogP contribution in [0.2, 0.25) is 0 Å². The van der Waals surface area contributed by atoms with Gasteiger partial charge in [-0.15, -0.1) is 0 Å². The number of carbonyl (C=O) groups excluding carboxylic acids is 6. The first-order valence-electron chi connectivity index (χ1n) is 21.0. The molecule has 0 unspecified atom stereocenters. The highest BCUT2D eigenvalue weighted by Crippen LogP contribution is 2.34. The van der Waals surface area contributed by atoms with Crippen molar-refractivity contribution in [1.29, 1.82) is 0 Å². The lowest BCUT2D eigenvalue weighted by Crippen LogP contribution is -2.62. The van der Waals surface area contributed by atoms with Crippen molar-refractivity contribution in [2.24, 2.45) is 11.3 Å². The number of Topliss-reactive ketones (excluding diaryl/α,β-unsaturated/α-hetero) is 1. The number of rotatable bonds is 16. The van der Waals surface area contributed by atoms with E-state index in [1.807, 2.05) is 82.3 Å². The van der Waals surface area contributed by atoms with Crippen LogP contribution in [-0.2, 0) is 24.0 Å². The largest absolute Gasteiger partial charge is 0.488 e. The molecule has 3 aromatic rings. The van der Waals surface area contributed by atoms with Crippen LogP contribution in [0, 0.1) is 11.3 Å². The molecule has 1 saturated heterocycles. The highest BCUT2D eigenvalue weighted by Gasteiger charge is 2.47. The number of carbonyl (C=O) groups is 6. The minimum atomic E-state index is -1.13. The summed E-state index contributed by atoms with van der Waals surface area (Å²) in [6.45, 7) is 7.35. The van der Waals surface area contributed by atoms with Gasteiger partial charge < -0.3 is 30.9 Å². The fraction of sp³-hybridized carbons (Fsp3) is 0.511. The van der Waals surface area contributed by atoms with Crippen molar-refractivity contribution in [3.05, 3.63) is 78.9 Å². The summed E-state index contributed by atoms with van der Waals surface area (Å²) in [4.78, 5) is 92.8. The number of para-hydroxylation sites is 1. The predicted octanol–water partition coefficient (Wildman–Crippen LogP) is 4.53. The van der Waals surface area contributed by atoms with Gasteiger partial charge in [0.25, 0.3) is 11.8 Å². The van der Waals surface area contributed by atoms with Crippen LogP contribution in [0.15, 0.2) is 73.2 Å². The van der Waals surface area contributed by atoms with E-state index >= 15 is 0 Å². The lowest BCUT2D eigenvalue weighted by atomic mass is 9.82. The molecule has 3 fully saturated rings. The number of nitrogens with one attached hydrogen (secondary N) is 4. The van der Waals surface area contributed by atoms with Gasteiger partial charge in [0, 0.05) is 30.4 Å². The van der Waals surface area contributed by atoms with E-state index in [1.165, 1.54) is 23.5 Å². The molecular formula is C45H57N7O7. The molecular weight excluding hydrogens is 751 g/mol. The number of ketones is 1. The lowest BCUT2D eigenvalue weighted by Gasteiger charge is -2.37. The van der Waals surface area contributed by atoms with Crippen molar-refractivity contribution >= 4 is 35.3 Å². The van der Waals surface area contributed by atoms with Crippen LogP contribution in [0.5, 0.6) is 5.75 Å². The molecule has 6 rings (SSSR count). The summed E-state index contributed by atoms with van der Waals surface area (Å²) in [5.41, 5.74) is 0.995. The van der Waals surface area contributed by atoms with Crippen LogP contribution >= 0.6 is 0 Å². The number of likely N-dealkylation sites (tertiary alicyclic amines) is 1. The molecule has 14 heteroatoms. The molecule has 3 aliphatic rings. The Balaban J connectivity index is 1.28. The molecule has 2 aliphatic carbocycles. The summed E-state index contributed by atoms with van der Waals surface area (Å²) in [7, 11) is 0. The average molecular weight is 808 g/mol. The molecule has 0 bridgehead atoms. The number of aromatic nitrogens is 2. The third-order valence-electron chi connectivity index (χ3n) is 11.3. The number of nitrogens with zero attached hydrogens (tertiary/aromatic N) is 3. The second-order valence-corrected chi connectivity index (χ2v) is 17.1. The zero-order valence-electron chi connectivity index (χ0n) is 34.4. The number of ether oxygens (including phenoxy) is 1. The second-order valence-electron chi connectivity index (χ2n) is 17.1. The first-order valence-corrected chi connectivity index (χ1v) is 21.0. The maximum atomic E-state index is 15.0.